The number of halogens is 1. The lowest BCUT2D eigenvalue weighted by molar-refractivity contribution is -0.131. The van der Waals surface area contributed by atoms with Crippen LogP contribution in [0.15, 0.2) is 12.4 Å². The van der Waals surface area contributed by atoms with E-state index in [9.17, 15) is 4.79 Å². The minimum absolute atomic E-state index is 0.0419. The Morgan fingerprint density at radius 1 is 1.65 bits per heavy atom. The van der Waals surface area contributed by atoms with Gasteiger partial charge in [-0.15, -0.1) is 11.6 Å². The van der Waals surface area contributed by atoms with E-state index >= 15 is 0 Å². The number of hydrogen-bond donors (Lipinski definition) is 0. The molecule has 0 bridgehead atoms. The van der Waals surface area contributed by atoms with Gasteiger partial charge in [0.15, 0.2) is 0 Å². The average Bonchev–Trinajstić information content (AvgIpc) is 2.75. The molecule has 2 heterocycles. The lowest BCUT2D eigenvalue weighted by Crippen LogP contribution is -2.42. The molecule has 1 aromatic rings. The van der Waals surface area contributed by atoms with Crippen LogP contribution in [0.5, 0.6) is 0 Å². The van der Waals surface area contributed by atoms with Crippen LogP contribution in [0, 0.1) is 0 Å². The molecule has 17 heavy (non-hydrogen) atoms. The molecular weight excluding hydrogens is 238 g/mol. The number of nitrogens with zero attached hydrogens (tertiary/aromatic N) is 3. The molecule has 1 saturated heterocycles. The van der Waals surface area contributed by atoms with Gasteiger partial charge in [-0.05, 0) is 25.3 Å². The molecule has 0 radical (unpaired) electrons. The molecule has 4 nitrogen and oxygen atoms in total. The zero-order valence-electron chi connectivity index (χ0n) is 10.3. The summed E-state index contributed by atoms with van der Waals surface area (Å²) in [7, 11) is 1.91. The van der Waals surface area contributed by atoms with Crippen LogP contribution in [0.4, 0.5) is 0 Å². The Labute approximate surface area is 107 Å². The molecule has 1 amide bonds. The van der Waals surface area contributed by atoms with Gasteiger partial charge in [-0.25, -0.2) is 0 Å². The number of aromatic nitrogens is 2. The summed E-state index contributed by atoms with van der Waals surface area (Å²) in [5.41, 5.74) is 1.22. The van der Waals surface area contributed by atoms with Gasteiger partial charge in [0.25, 0.3) is 0 Å². The van der Waals surface area contributed by atoms with Crippen molar-refractivity contribution in [1.29, 1.82) is 0 Å². The Morgan fingerprint density at radius 2 is 2.41 bits per heavy atom. The molecule has 0 aromatic carbocycles. The summed E-state index contributed by atoms with van der Waals surface area (Å²) in [6.45, 7) is 3.33. The maximum Gasteiger partial charge on any atom is 0.240 e. The first-order chi connectivity index (χ1) is 8.08. The molecule has 1 aromatic heterocycles. The van der Waals surface area contributed by atoms with Gasteiger partial charge in [0, 0.05) is 32.3 Å². The summed E-state index contributed by atoms with van der Waals surface area (Å²) in [6, 6.07) is 0. The molecule has 2 rings (SSSR count). The van der Waals surface area contributed by atoms with Gasteiger partial charge in [0.05, 0.1) is 6.20 Å². The van der Waals surface area contributed by atoms with Crippen LogP contribution in [-0.4, -0.2) is 39.1 Å². The Balaban J connectivity index is 2.04. The van der Waals surface area contributed by atoms with E-state index in [-0.39, 0.29) is 5.91 Å². The largest absolute Gasteiger partial charge is 0.341 e. The third-order valence-corrected chi connectivity index (χ3v) is 3.46. The van der Waals surface area contributed by atoms with E-state index in [1.54, 1.807) is 11.6 Å². The van der Waals surface area contributed by atoms with Crippen molar-refractivity contribution in [3.05, 3.63) is 18.0 Å². The summed E-state index contributed by atoms with van der Waals surface area (Å²) in [6.07, 6.45) is 6.08. The van der Waals surface area contributed by atoms with Crippen LogP contribution < -0.4 is 0 Å². The monoisotopic (exact) mass is 255 g/mol. The van der Waals surface area contributed by atoms with Crippen molar-refractivity contribution in [2.24, 2.45) is 7.05 Å². The first-order valence-corrected chi connectivity index (χ1v) is 6.43. The van der Waals surface area contributed by atoms with Gasteiger partial charge in [0.1, 0.15) is 5.38 Å². The van der Waals surface area contributed by atoms with Gasteiger partial charge in [-0.1, -0.05) is 0 Å². The zero-order valence-corrected chi connectivity index (χ0v) is 11.0. The van der Waals surface area contributed by atoms with E-state index in [1.165, 1.54) is 5.56 Å². The summed E-state index contributed by atoms with van der Waals surface area (Å²) in [5.74, 6) is 0.442. The molecule has 0 saturated carbocycles. The highest BCUT2D eigenvalue weighted by atomic mass is 35.5. The van der Waals surface area contributed by atoms with Crippen molar-refractivity contribution in [1.82, 2.24) is 14.7 Å². The predicted molar refractivity (Wildman–Crippen MR) is 67.1 cm³/mol. The normalized spacial score (nSPS) is 22.5. The van der Waals surface area contributed by atoms with E-state index in [4.69, 9.17) is 11.6 Å². The maximum absolute atomic E-state index is 11.9. The highest BCUT2D eigenvalue weighted by Crippen LogP contribution is 2.27. The SMILES string of the molecule is CC(Cl)C(=O)N1CCCC(c2cnn(C)c2)C1. The molecule has 2 atom stereocenters. The first kappa shape index (κ1) is 12.4. The maximum atomic E-state index is 11.9. The summed E-state index contributed by atoms with van der Waals surface area (Å²) >= 11 is 5.85. The molecule has 0 spiro atoms. The molecule has 0 aliphatic carbocycles. The highest BCUT2D eigenvalue weighted by Gasteiger charge is 2.27. The number of carbonyl (C=O) groups is 1. The molecule has 1 fully saturated rings. The van der Waals surface area contributed by atoms with Gasteiger partial charge in [-0.2, -0.15) is 5.10 Å². The standard InChI is InChI=1S/C12H18ClN3O/c1-9(13)12(17)16-5-3-4-10(8-16)11-6-14-15(2)7-11/h6-7,9-10H,3-5,8H2,1-2H3. The lowest BCUT2D eigenvalue weighted by Gasteiger charge is -2.33. The van der Waals surface area contributed by atoms with Crippen LogP contribution in [-0.2, 0) is 11.8 Å². The molecule has 2 unspecified atom stereocenters. The molecule has 5 heteroatoms. The van der Waals surface area contributed by atoms with Crippen molar-refractivity contribution in [3.8, 4) is 0 Å². The van der Waals surface area contributed by atoms with E-state index in [2.05, 4.69) is 5.10 Å². The third-order valence-electron chi connectivity index (χ3n) is 3.27. The van der Waals surface area contributed by atoms with Gasteiger partial charge in [0.2, 0.25) is 5.91 Å². The fourth-order valence-corrected chi connectivity index (χ4v) is 2.49. The molecular formula is C12H18ClN3O. The van der Waals surface area contributed by atoms with E-state index < -0.39 is 5.38 Å². The molecule has 0 N–H and O–H groups in total. The van der Waals surface area contributed by atoms with Crippen molar-refractivity contribution < 1.29 is 4.79 Å². The quantitative estimate of drug-likeness (QED) is 0.756. The third kappa shape index (κ3) is 2.80. The van der Waals surface area contributed by atoms with Gasteiger partial charge < -0.3 is 4.90 Å². The van der Waals surface area contributed by atoms with Crippen molar-refractivity contribution in [3.63, 3.8) is 0 Å². The van der Waals surface area contributed by atoms with E-state index in [0.717, 1.165) is 25.9 Å². The molecule has 1 aliphatic heterocycles. The number of hydrogen-bond acceptors (Lipinski definition) is 2. The van der Waals surface area contributed by atoms with Crippen LogP contribution >= 0.6 is 11.6 Å². The fraction of sp³-hybridized carbons (Fsp3) is 0.667. The fourth-order valence-electron chi connectivity index (χ4n) is 2.35. The second-order valence-electron chi connectivity index (χ2n) is 4.69. The van der Waals surface area contributed by atoms with E-state index in [1.807, 2.05) is 24.3 Å². The second kappa shape index (κ2) is 5.08. The van der Waals surface area contributed by atoms with Crippen molar-refractivity contribution in [2.45, 2.75) is 31.1 Å². The lowest BCUT2D eigenvalue weighted by atomic mass is 9.92. The number of piperidine rings is 1. The smallest absolute Gasteiger partial charge is 0.240 e. The number of likely N-dealkylation sites (tertiary alicyclic amines) is 1. The number of alkyl halides is 1. The van der Waals surface area contributed by atoms with Crippen LogP contribution in [0.2, 0.25) is 0 Å². The number of aryl methyl sites for hydroxylation is 1. The van der Waals surface area contributed by atoms with Crippen LogP contribution in [0.25, 0.3) is 0 Å². The Morgan fingerprint density at radius 3 is 3.00 bits per heavy atom. The number of amides is 1. The first-order valence-electron chi connectivity index (χ1n) is 5.99. The summed E-state index contributed by atoms with van der Waals surface area (Å²) in [5, 5.41) is 3.76. The Hall–Kier alpha value is -1.03. The van der Waals surface area contributed by atoms with E-state index in [0.29, 0.717) is 5.92 Å². The van der Waals surface area contributed by atoms with Crippen LogP contribution in [0.1, 0.15) is 31.2 Å². The zero-order chi connectivity index (χ0) is 12.4. The summed E-state index contributed by atoms with van der Waals surface area (Å²) < 4.78 is 1.81. The van der Waals surface area contributed by atoms with Crippen molar-refractivity contribution in [2.75, 3.05) is 13.1 Å². The average molecular weight is 256 g/mol. The highest BCUT2D eigenvalue weighted by molar-refractivity contribution is 6.30. The topological polar surface area (TPSA) is 38.1 Å². The minimum Gasteiger partial charge on any atom is -0.341 e. The van der Waals surface area contributed by atoms with Crippen molar-refractivity contribution >= 4 is 17.5 Å². The van der Waals surface area contributed by atoms with Crippen LogP contribution in [0.3, 0.4) is 0 Å². The molecule has 94 valence electrons. The van der Waals surface area contributed by atoms with Gasteiger partial charge >= 0.3 is 0 Å². The predicted octanol–water partition coefficient (Wildman–Crippen LogP) is 1.75. The Bertz CT molecular complexity index is 402. The van der Waals surface area contributed by atoms with Gasteiger partial charge in [-0.3, -0.25) is 9.48 Å². The number of carbonyl (C=O) groups excluding carboxylic acids is 1. The second-order valence-corrected chi connectivity index (χ2v) is 5.34. The molecule has 1 aliphatic rings. The summed E-state index contributed by atoms with van der Waals surface area (Å²) in [4.78, 5) is 13.7. The Kier molecular flexibility index (Phi) is 3.72. The number of rotatable bonds is 2. The minimum atomic E-state index is -0.428.